The van der Waals surface area contributed by atoms with Crippen LogP contribution in [0, 0.1) is 5.41 Å². The molecule has 0 aliphatic heterocycles. The monoisotopic (exact) mass is 159 g/mol. The predicted molar refractivity (Wildman–Crippen MR) is 44.1 cm³/mol. The van der Waals surface area contributed by atoms with Crippen LogP contribution >= 0.6 is 0 Å². The lowest BCUT2D eigenvalue weighted by atomic mass is 9.88. The van der Waals surface area contributed by atoms with Crippen molar-refractivity contribution in [3.05, 3.63) is 0 Å². The van der Waals surface area contributed by atoms with Crippen molar-refractivity contribution in [3.8, 4) is 0 Å². The van der Waals surface area contributed by atoms with E-state index in [-0.39, 0.29) is 24.2 Å². The molecule has 0 amide bonds. The minimum Gasteiger partial charge on any atom is -0.391 e. The molecular formula is C8H17NO2. The van der Waals surface area contributed by atoms with Gasteiger partial charge in [-0.15, -0.1) is 0 Å². The van der Waals surface area contributed by atoms with Crippen molar-refractivity contribution in [2.45, 2.75) is 33.3 Å². The van der Waals surface area contributed by atoms with Crippen LogP contribution < -0.4 is 5.73 Å². The van der Waals surface area contributed by atoms with Gasteiger partial charge < -0.3 is 10.8 Å². The first kappa shape index (κ1) is 10.6. The zero-order valence-electron chi connectivity index (χ0n) is 7.42. The normalized spacial score (nSPS) is 14.6. The maximum Gasteiger partial charge on any atom is 0.140 e. The molecule has 3 nitrogen and oxygen atoms in total. The highest BCUT2D eigenvalue weighted by molar-refractivity contribution is 5.84. The second-order valence-electron chi connectivity index (χ2n) is 3.77. The van der Waals surface area contributed by atoms with Crippen molar-refractivity contribution in [1.82, 2.24) is 0 Å². The topological polar surface area (TPSA) is 63.3 Å². The fraction of sp³-hybridized carbons (Fsp3) is 0.875. The highest BCUT2D eigenvalue weighted by Gasteiger charge is 2.22. The van der Waals surface area contributed by atoms with Gasteiger partial charge in [-0.2, -0.15) is 0 Å². The average molecular weight is 159 g/mol. The van der Waals surface area contributed by atoms with E-state index in [1.54, 1.807) is 0 Å². The third-order valence-electron chi connectivity index (χ3n) is 1.53. The molecule has 0 aromatic carbocycles. The summed E-state index contributed by atoms with van der Waals surface area (Å²) in [6.07, 6.45) is -0.512. The quantitative estimate of drug-likeness (QED) is 0.623. The Morgan fingerprint density at radius 2 is 2.00 bits per heavy atom. The zero-order chi connectivity index (χ0) is 9.07. The highest BCUT2D eigenvalue weighted by Crippen LogP contribution is 2.17. The SMILES string of the molecule is CC(C)(C)C(=O)C[C@H](O)CN. The van der Waals surface area contributed by atoms with Gasteiger partial charge in [0.1, 0.15) is 5.78 Å². The Morgan fingerprint density at radius 1 is 1.55 bits per heavy atom. The van der Waals surface area contributed by atoms with E-state index in [1.807, 2.05) is 20.8 Å². The van der Waals surface area contributed by atoms with Gasteiger partial charge in [0.15, 0.2) is 0 Å². The maximum atomic E-state index is 11.2. The average Bonchev–Trinajstić information content (AvgIpc) is 1.85. The van der Waals surface area contributed by atoms with Crippen LogP contribution in [0.25, 0.3) is 0 Å². The van der Waals surface area contributed by atoms with E-state index >= 15 is 0 Å². The Labute approximate surface area is 67.6 Å². The summed E-state index contributed by atoms with van der Waals surface area (Å²) in [4.78, 5) is 11.2. The number of hydrogen-bond donors (Lipinski definition) is 2. The molecule has 0 fully saturated rings. The van der Waals surface area contributed by atoms with E-state index in [9.17, 15) is 4.79 Å². The summed E-state index contributed by atoms with van der Waals surface area (Å²) in [5.74, 6) is 0.0513. The van der Waals surface area contributed by atoms with Crippen molar-refractivity contribution in [2.75, 3.05) is 6.54 Å². The number of aliphatic hydroxyl groups is 1. The number of rotatable bonds is 3. The summed E-state index contributed by atoms with van der Waals surface area (Å²) in [6, 6.07) is 0. The number of Topliss-reactive ketones (excluding diaryl/α,β-unsaturated/α-hetero) is 1. The molecule has 0 bridgehead atoms. The molecule has 3 N–H and O–H groups in total. The minimum atomic E-state index is -0.679. The van der Waals surface area contributed by atoms with E-state index in [2.05, 4.69) is 0 Å². The smallest absolute Gasteiger partial charge is 0.140 e. The molecule has 11 heavy (non-hydrogen) atoms. The van der Waals surface area contributed by atoms with E-state index in [4.69, 9.17) is 10.8 Å². The van der Waals surface area contributed by atoms with Gasteiger partial charge in [0.2, 0.25) is 0 Å². The molecule has 3 heteroatoms. The molecule has 0 aromatic rings. The van der Waals surface area contributed by atoms with Gasteiger partial charge >= 0.3 is 0 Å². The molecule has 0 unspecified atom stereocenters. The third-order valence-corrected chi connectivity index (χ3v) is 1.53. The standard InChI is InChI=1S/C8H17NO2/c1-8(2,3)7(11)4-6(10)5-9/h6,10H,4-5,9H2,1-3H3/t6-/m0/s1. The first-order chi connectivity index (χ1) is 4.88. The molecule has 0 radical (unpaired) electrons. The van der Waals surface area contributed by atoms with Crippen molar-refractivity contribution < 1.29 is 9.90 Å². The summed E-state index contributed by atoms with van der Waals surface area (Å²) >= 11 is 0. The molecule has 0 rings (SSSR count). The number of ketones is 1. The molecule has 0 aromatic heterocycles. The van der Waals surface area contributed by atoms with Crippen LogP contribution in [-0.4, -0.2) is 23.5 Å². The van der Waals surface area contributed by atoms with Gasteiger partial charge in [0.25, 0.3) is 0 Å². The second kappa shape index (κ2) is 3.83. The molecule has 0 spiro atoms. The minimum absolute atomic E-state index is 0.0513. The van der Waals surface area contributed by atoms with Gasteiger partial charge in [-0.05, 0) is 0 Å². The lowest BCUT2D eigenvalue weighted by molar-refractivity contribution is -0.128. The first-order valence-corrected chi connectivity index (χ1v) is 3.79. The molecule has 0 aliphatic rings. The lowest BCUT2D eigenvalue weighted by Crippen LogP contribution is -2.29. The van der Waals surface area contributed by atoms with Gasteiger partial charge in [-0.25, -0.2) is 0 Å². The Hall–Kier alpha value is -0.410. The fourth-order valence-corrected chi connectivity index (χ4v) is 0.604. The van der Waals surface area contributed by atoms with Gasteiger partial charge in [-0.3, -0.25) is 4.79 Å². The number of hydrogen-bond acceptors (Lipinski definition) is 3. The number of aliphatic hydroxyl groups excluding tert-OH is 1. The van der Waals surface area contributed by atoms with Crippen LogP contribution in [-0.2, 0) is 4.79 Å². The van der Waals surface area contributed by atoms with Gasteiger partial charge in [0.05, 0.1) is 6.10 Å². The Kier molecular flexibility index (Phi) is 3.69. The fourth-order valence-electron chi connectivity index (χ4n) is 0.604. The molecule has 0 saturated heterocycles. The summed E-state index contributed by atoms with van der Waals surface area (Å²) in [5, 5.41) is 9.05. The van der Waals surface area contributed by atoms with Gasteiger partial charge in [-0.1, -0.05) is 20.8 Å². The lowest BCUT2D eigenvalue weighted by Gasteiger charge is -2.18. The number of nitrogens with two attached hydrogens (primary N) is 1. The van der Waals surface area contributed by atoms with Crippen LogP contribution in [0.4, 0.5) is 0 Å². The second-order valence-corrected chi connectivity index (χ2v) is 3.77. The zero-order valence-corrected chi connectivity index (χ0v) is 7.42. The van der Waals surface area contributed by atoms with E-state index in [0.29, 0.717) is 0 Å². The van der Waals surface area contributed by atoms with Crippen LogP contribution in [0.3, 0.4) is 0 Å². The van der Waals surface area contributed by atoms with E-state index < -0.39 is 6.10 Å². The summed E-state index contributed by atoms with van der Waals surface area (Å²) in [7, 11) is 0. The number of carbonyl (C=O) groups is 1. The summed E-state index contributed by atoms with van der Waals surface area (Å²) < 4.78 is 0. The molecular weight excluding hydrogens is 142 g/mol. The van der Waals surface area contributed by atoms with Crippen molar-refractivity contribution in [3.63, 3.8) is 0 Å². The summed E-state index contributed by atoms with van der Waals surface area (Å²) in [6.45, 7) is 5.65. The van der Waals surface area contributed by atoms with E-state index in [0.717, 1.165) is 0 Å². The van der Waals surface area contributed by atoms with Crippen LogP contribution in [0.1, 0.15) is 27.2 Å². The largest absolute Gasteiger partial charge is 0.391 e. The predicted octanol–water partition coefficient (Wildman–Crippen LogP) is 0.311. The van der Waals surface area contributed by atoms with Crippen LogP contribution in [0.15, 0.2) is 0 Å². The van der Waals surface area contributed by atoms with E-state index in [1.165, 1.54) is 0 Å². The number of carbonyl (C=O) groups excluding carboxylic acids is 1. The van der Waals surface area contributed by atoms with Crippen molar-refractivity contribution >= 4 is 5.78 Å². The maximum absolute atomic E-state index is 11.2. The Balaban J connectivity index is 3.88. The van der Waals surface area contributed by atoms with Crippen molar-refractivity contribution in [2.24, 2.45) is 11.1 Å². The molecule has 66 valence electrons. The molecule has 0 aliphatic carbocycles. The highest BCUT2D eigenvalue weighted by atomic mass is 16.3. The molecule has 1 atom stereocenters. The Bertz CT molecular complexity index is 138. The molecule has 0 saturated carbocycles. The van der Waals surface area contributed by atoms with Crippen LogP contribution in [0.2, 0.25) is 0 Å². The summed E-state index contributed by atoms with van der Waals surface area (Å²) in [5.41, 5.74) is 4.80. The third kappa shape index (κ3) is 4.11. The van der Waals surface area contributed by atoms with Gasteiger partial charge in [0, 0.05) is 18.4 Å². The Morgan fingerprint density at radius 3 is 2.27 bits per heavy atom. The van der Waals surface area contributed by atoms with Crippen molar-refractivity contribution in [1.29, 1.82) is 0 Å². The first-order valence-electron chi connectivity index (χ1n) is 3.79. The molecule has 0 heterocycles. The van der Waals surface area contributed by atoms with Crippen LogP contribution in [0.5, 0.6) is 0 Å².